The minimum Gasteiger partial charge on any atom is -0.466 e. The molecule has 22 heavy (non-hydrogen) atoms. The van der Waals surface area contributed by atoms with Crippen LogP contribution in [-0.2, 0) is 20.9 Å². The molecule has 2 aromatic rings. The van der Waals surface area contributed by atoms with E-state index in [1.165, 1.54) is 0 Å². The summed E-state index contributed by atoms with van der Waals surface area (Å²) in [4.78, 5) is 27.6. The van der Waals surface area contributed by atoms with Crippen molar-refractivity contribution in [2.45, 2.75) is 33.2 Å². The molecule has 1 aromatic heterocycles. The maximum Gasteiger partial charge on any atom is 0.305 e. The normalized spacial score (nSPS) is 10.6. The highest BCUT2D eigenvalue weighted by Gasteiger charge is 2.10. The molecule has 1 amide bonds. The van der Waals surface area contributed by atoms with Crippen LogP contribution in [0.25, 0.3) is 11.0 Å². The van der Waals surface area contributed by atoms with Gasteiger partial charge < -0.3 is 14.6 Å². The molecule has 1 heterocycles. The first-order valence-corrected chi connectivity index (χ1v) is 7.46. The predicted octanol–water partition coefficient (Wildman–Crippen LogP) is 1.80. The van der Waals surface area contributed by atoms with Crippen LogP contribution in [0.1, 0.15) is 25.6 Å². The van der Waals surface area contributed by atoms with Gasteiger partial charge in [0.1, 0.15) is 12.4 Å². The Balaban J connectivity index is 1.84. The summed E-state index contributed by atoms with van der Waals surface area (Å²) >= 11 is 0. The highest BCUT2D eigenvalue weighted by Crippen LogP contribution is 2.14. The van der Waals surface area contributed by atoms with E-state index in [-0.39, 0.29) is 18.4 Å². The van der Waals surface area contributed by atoms with Crippen molar-refractivity contribution >= 4 is 22.9 Å². The molecule has 0 aliphatic carbocycles. The van der Waals surface area contributed by atoms with Gasteiger partial charge in [0.15, 0.2) is 0 Å². The van der Waals surface area contributed by atoms with Crippen LogP contribution in [-0.4, -0.2) is 34.6 Å². The van der Waals surface area contributed by atoms with Gasteiger partial charge in [-0.2, -0.15) is 0 Å². The molecular weight excluding hydrogens is 282 g/mol. The van der Waals surface area contributed by atoms with E-state index in [0.29, 0.717) is 26.0 Å². The van der Waals surface area contributed by atoms with E-state index in [2.05, 4.69) is 10.3 Å². The van der Waals surface area contributed by atoms with Crippen LogP contribution in [0, 0.1) is 6.92 Å². The van der Waals surface area contributed by atoms with Crippen LogP contribution >= 0.6 is 0 Å². The Morgan fingerprint density at radius 2 is 2.09 bits per heavy atom. The van der Waals surface area contributed by atoms with Gasteiger partial charge in [0.2, 0.25) is 5.91 Å². The molecule has 0 aliphatic rings. The number of benzene rings is 1. The van der Waals surface area contributed by atoms with Crippen molar-refractivity contribution in [2.75, 3.05) is 13.2 Å². The molecule has 1 N–H and O–H groups in total. The monoisotopic (exact) mass is 303 g/mol. The third-order valence-corrected chi connectivity index (χ3v) is 3.33. The lowest BCUT2D eigenvalue weighted by Gasteiger charge is -2.08. The molecule has 6 nitrogen and oxygen atoms in total. The summed E-state index contributed by atoms with van der Waals surface area (Å²) in [5.74, 6) is 0.492. The topological polar surface area (TPSA) is 73.2 Å². The molecule has 0 unspecified atom stereocenters. The zero-order valence-electron chi connectivity index (χ0n) is 13.0. The molecule has 0 fully saturated rings. The SMILES string of the molecule is CCOC(=O)CCCNC(=O)Cn1c(C)nc2ccccc21. The lowest BCUT2D eigenvalue weighted by molar-refractivity contribution is -0.143. The van der Waals surface area contributed by atoms with E-state index in [9.17, 15) is 9.59 Å². The number of hydrogen-bond donors (Lipinski definition) is 1. The van der Waals surface area contributed by atoms with Gasteiger partial charge in [0.05, 0.1) is 17.6 Å². The lowest BCUT2D eigenvalue weighted by Crippen LogP contribution is -2.29. The number of carbonyl (C=O) groups excluding carboxylic acids is 2. The number of rotatable bonds is 7. The number of carbonyl (C=O) groups is 2. The van der Waals surface area contributed by atoms with Crippen LogP contribution < -0.4 is 5.32 Å². The first kappa shape index (κ1) is 16.0. The van der Waals surface area contributed by atoms with Gasteiger partial charge in [-0.1, -0.05) is 12.1 Å². The lowest BCUT2D eigenvalue weighted by atomic mass is 10.3. The van der Waals surface area contributed by atoms with Crippen molar-refractivity contribution in [3.63, 3.8) is 0 Å². The minimum atomic E-state index is -0.229. The van der Waals surface area contributed by atoms with E-state index >= 15 is 0 Å². The van der Waals surface area contributed by atoms with Gasteiger partial charge in [0, 0.05) is 13.0 Å². The van der Waals surface area contributed by atoms with Gasteiger partial charge in [-0.25, -0.2) is 4.98 Å². The quantitative estimate of drug-likeness (QED) is 0.625. The van der Waals surface area contributed by atoms with Crippen LogP contribution in [0.4, 0.5) is 0 Å². The zero-order valence-corrected chi connectivity index (χ0v) is 13.0. The molecular formula is C16H21N3O3. The Kier molecular flexibility index (Phi) is 5.52. The van der Waals surface area contributed by atoms with Gasteiger partial charge in [0.25, 0.3) is 0 Å². The second-order valence-electron chi connectivity index (χ2n) is 4.99. The smallest absolute Gasteiger partial charge is 0.305 e. The predicted molar refractivity (Wildman–Crippen MR) is 83.3 cm³/mol. The van der Waals surface area contributed by atoms with Crippen LogP contribution in [0.5, 0.6) is 0 Å². The van der Waals surface area contributed by atoms with Gasteiger partial charge in [-0.3, -0.25) is 9.59 Å². The second kappa shape index (κ2) is 7.59. The molecule has 0 saturated heterocycles. The number of nitrogens with one attached hydrogen (secondary N) is 1. The number of imidazole rings is 1. The minimum absolute atomic E-state index is 0.0879. The van der Waals surface area contributed by atoms with Crippen molar-refractivity contribution < 1.29 is 14.3 Å². The number of hydrogen-bond acceptors (Lipinski definition) is 4. The van der Waals surface area contributed by atoms with E-state index in [1.807, 2.05) is 35.8 Å². The number of ether oxygens (including phenoxy) is 1. The zero-order chi connectivity index (χ0) is 15.9. The standard InChI is InChI=1S/C16H21N3O3/c1-3-22-16(21)9-6-10-17-15(20)11-19-12(2)18-13-7-4-5-8-14(13)19/h4-5,7-8H,3,6,9-11H2,1-2H3,(H,17,20). The summed E-state index contributed by atoms with van der Waals surface area (Å²) < 4.78 is 6.72. The summed E-state index contributed by atoms with van der Waals surface area (Å²) in [5.41, 5.74) is 1.83. The van der Waals surface area contributed by atoms with Crippen molar-refractivity contribution in [3.05, 3.63) is 30.1 Å². The Morgan fingerprint density at radius 3 is 2.86 bits per heavy atom. The highest BCUT2D eigenvalue weighted by atomic mass is 16.5. The van der Waals surface area contributed by atoms with E-state index in [4.69, 9.17) is 4.74 Å². The fourth-order valence-corrected chi connectivity index (χ4v) is 2.29. The van der Waals surface area contributed by atoms with Crippen molar-refractivity contribution in [3.8, 4) is 0 Å². The van der Waals surface area contributed by atoms with Crippen molar-refractivity contribution in [2.24, 2.45) is 0 Å². The maximum atomic E-state index is 12.0. The number of aromatic nitrogens is 2. The third-order valence-electron chi connectivity index (χ3n) is 3.33. The molecule has 0 atom stereocenters. The number of nitrogens with zero attached hydrogens (tertiary/aromatic N) is 2. The maximum absolute atomic E-state index is 12.0. The Morgan fingerprint density at radius 1 is 1.32 bits per heavy atom. The van der Waals surface area contributed by atoms with E-state index < -0.39 is 0 Å². The summed E-state index contributed by atoms with van der Waals surface area (Å²) in [6.45, 7) is 4.73. The number of fused-ring (bicyclic) bond motifs is 1. The summed E-state index contributed by atoms with van der Waals surface area (Å²) in [7, 11) is 0. The van der Waals surface area contributed by atoms with Crippen LogP contribution in [0.2, 0.25) is 0 Å². The van der Waals surface area contributed by atoms with Crippen LogP contribution in [0.3, 0.4) is 0 Å². The van der Waals surface area contributed by atoms with Crippen LogP contribution in [0.15, 0.2) is 24.3 Å². The average molecular weight is 303 g/mol. The van der Waals surface area contributed by atoms with Gasteiger partial charge >= 0.3 is 5.97 Å². The summed E-state index contributed by atoms with van der Waals surface area (Å²) in [6, 6.07) is 7.73. The molecule has 0 saturated carbocycles. The highest BCUT2D eigenvalue weighted by molar-refractivity contribution is 5.81. The van der Waals surface area contributed by atoms with E-state index in [0.717, 1.165) is 16.9 Å². The summed E-state index contributed by atoms with van der Waals surface area (Å²) in [5, 5.41) is 2.82. The molecule has 118 valence electrons. The fourth-order valence-electron chi connectivity index (χ4n) is 2.29. The largest absolute Gasteiger partial charge is 0.466 e. The average Bonchev–Trinajstić information content (AvgIpc) is 2.80. The first-order valence-electron chi connectivity index (χ1n) is 7.46. The Bertz CT molecular complexity index is 664. The van der Waals surface area contributed by atoms with E-state index in [1.54, 1.807) is 6.92 Å². The molecule has 1 aromatic carbocycles. The molecule has 2 rings (SSSR count). The number of amides is 1. The number of esters is 1. The number of aryl methyl sites for hydroxylation is 1. The summed E-state index contributed by atoms with van der Waals surface area (Å²) in [6.07, 6.45) is 0.898. The molecule has 0 aliphatic heterocycles. The molecule has 0 radical (unpaired) electrons. The van der Waals surface area contributed by atoms with Gasteiger partial charge in [-0.05, 0) is 32.4 Å². The van der Waals surface area contributed by atoms with Gasteiger partial charge in [-0.15, -0.1) is 0 Å². The first-order chi connectivity index (χ1) is 10.6. The molecule has 0 bridgehead atoms. The second-order valence-corrected chi connectivity index (χ2v) is 4.99. The Labute approximate surface area is 129 Å². The van der Waals surface area contributed by atoms with Crippen molar-refractivity contribution in [1.82, 2.24) is 14.9 Å². The molecule has 0 spiro atoms. The third kappa shape index (κ3) is 4.07. The Hall–Kier alpha value is -2.37. The molecule has 6 heteroatoms. The number of para-hydroxylation sites is 2. The van der Waals surface area contributed by atoms with Crippen molar-refractivity contribution in [1.29, 1.82) is 0 Å². The fraction of sp³-hybridized carbons (Fsp3) is 0.438.